The van der Waals surface area contributed by atoms with Gasteiger partial charge in [-0.3, -0.25) is 9.59 Å². The van der Waals surface area contributed by atoms with Gasteiger partial charge in [0.25, 0.3) is 0 Å². The minimum atomic E-state index is -4.64. The number of hydrogen-bond acceptors (Lipinski definition) is 6. The van der Waals surface area contributed by atoms with E-state index in [0.717, 1.165) is 0 Å². The molecule has 0 saturated carbocycles. The standard InChI is InChI=1S/C12H20O5.H3O4P/c1-4-16-7-5-10(11(14)9(2)3)12(15)17-8-6-13;1-5(2,3)4/h10,13H,2,4-8H2,1,3H3;(H3,1,2,3,4). The molecule has 0 rings (SSSR count). The van der Waals surface area contributed by atoms with Crippen LogP contribution in [0, 0.1) is 5.92 Å². The summed E-state index contributed by atoms with van der Waals surface area (Å²) in [7, 11) is -4.64. The molecule has 22 heavy (non-hydrogen) atoms. The highest BCUT2D eigenvalue weighted by molar-refractivity contribution is 7.45. The number of rotatable bonds is 9. The predicted octanol–water partition coefficient (Wildman–Crippen LogP) is -0.219. The SMILES string of the molecule is C=C(C)C(=O)C(CCOCC)C(=O)OCCO.O=P(O)(O)O. The monoisotopic (exact) mass is 342 g/mol. The van der Waals surface area contributed by atoms with Crippen LogP contribution in [-0.2, 0) is 23.6 Å². The lowest BCUT2D eigenvalue weighted by molar-refractivity contribution is -0.152. The topological polar surface area (TPSA) is 151 Å². The van der Waals surface area contributed by atoms with E-state index in [0.29, 0.717) is 18.8 Å². The van der Waals surface area contributed by atoms with E-state index in [9.17, 15) is 9.59 Å². The summed E-state index contributed by atoms with van der Waals surface area (Å²) in [4.78, 5) is 44.9. The average molecular weight is 342 g/mol. The second-order valence-electron chi connectivity index (χ2n) is 4.09. The van der Waals surface area contributed by atoms with E-state index < -0.39 is 19.7 Å². The fourth-order valence-electron chi connectivity index (χ4n) is 1.25. The Bertz CT molecular complexity index is 393. The Balaban J connectivity index is 0. The van der Waals surface area contributed by atoms with Gasteiger partial charge in [-0.05, 0) is 25.8 Å². The summed E-state index contributed by atoms with van der Waals surface area (Å²) in [5, 5.41) is 8.55. The van der Waals surface area contributed by atoms with Crippen LogP contribution >= 0.6 is 7.82 Å². The summed E-state index contributed by atoms with van der Waals surface area (Å²) in [6.07, 6.45) is 0.268. The van der Waals surface area contributed by atoms with Gasteiger partial charge in [-0.2, -0.15) is 0 Å². The van der Waals surface area contributed by atoms with E-state index in [1.165, 1.54) is 0 Å². The van der Waals surface area contributed by atoms with Gasteiger partial charge in [0.2, 0.25) is 0 Å². The zero-order valence-electron chi connectivity index (χ0n) is 12.6. The van der Waals surface area contributed by atoms with Crippen LogP contribution in [0.15, 0.2) is 12.2 Å². The number of aliphatic hydroxyl groups is 1. The van der Waals surface area contributed by atoms with E-state index in [1.807, 2.05) is 6.92 Å². The zero-order chi connectivity index (χ0) is 17.8. The highest BCUT2D eigenvalue weighted by Gasteiger charge is 2.27. The fraction of sp³-hybridized carbons (Fsp3) is 0.667. The largest absolute Gasteiger partial charge is 0.466 e. The van der Waals surface area contributed by atoms with Crippen LogP contribution in [-0.4, -0.2) is 58.0 Å². The van der Waals surface area contributed by atoms with Crippen molar-refractivity contribution in [1.29, 1.82) is 0 Å². The van der Waals surface area contributed by atoms with Gasteiger partial charge in [0.05, 0.1) is 6.61 Å². The molecule has 4 N–H and O–H groups in total. The van der Waals surface area contributed by atoms with Gasteiger partial charge < -0.3 is 29.3 Å². The molecule has 10 heteroatoms. The first-order chi connectivity index (χ1) is 10.0. The first kappa shape index (κ1) is 23.2. The molecule has 0 bridgehead atoms. The van der Waals surface area contributed by atoms with Crippen molar-refractivity contribution in [2.24, 2.45) is 5.92 Å². The van der Waals surface area contributed by atoms with Gasteiger partial charge in [-0.25, -0.2) is 4.57 Å². The maximum absolute atomic E-state index is 11.7. The molecule has 1 unspecified atom stereocenters. The van der Waals surface area contributed by atoms with Gasteiger partial charge in [0.1, 0.15) is 12.5 Å². The Morgan fingerprint density at radius 1 is 1.23 bits per heavy atom. The molecule has 0 aromatic heterocycles. The molecule has 0 heterocycles. The van der Waals surface area contributed by atoms with Crippen molar-refractivity contribution >= 4 is 19.6 Å². The fourth-order valence-corrected chi connectivity index (χ4v) is 1.25. The van der Waals surface area contributed by atoms with E-state index in [4.69, 9.17) is 33.8 Å². The molecular weight excluding hydrogens is 319 g/mol. The molecule has 0 amide bonds. The number of allylic oxidation sites excluding steroid dienone is 1. The Morgan fingerprint density at radius 2 is 1.73 bits per heavy atom. The van der Waals surface area contributed by atoms with Crippen LogP contribution < -0.4 is 0 Å². The quantitative estimate of drug-likeness (QED) is 0.146. The van der Waals surface area contributed by atoms with Gasteiger partial charge in [-0.15, -0.1) is 0 Å². The third-order valence-electron chi connectivity index (χ3n) is 2.11. The van der Waals surface area contributed by atoms with Crippen LogP contribution in [0.5, 0.6) is 0 Å². The number of Topliss-reactive ketones (excluding diaryl/α,β-unsaturated/α-hetero) is 1. The molecule has 0 aliphatic heterocycles. The lowest BCUT2D eigenvalue weighted by Crippen LogP contribution is -2.28. The van der Waals surface area contributed by atoms with Crippen molar-refractivity contribution in [3.63, 3.8) is 0 Å². The van der Waals surface area contributed by atoms with Crippen LogP contribution in [0.25, 0.3) is 0 Å². The third kappa shape index (κ3) is 15.3. The van der Waals surface area contributed by atoms with E-state index in [-0.39, 0.29) is 25.4 Å². The van der Waals surface area contributed by atoms with Crippen molar-refractivity contribution < 1.29 is 43.4 Å². The number of phosphoric acid groups is 1. The maximum Gasteiger partial charge on any atom is 0.466 e. The number of carbonyl (C=O) groups is 2. The van der Waals surface area contributed by atoms with Crippen LogP contribution in [0.4, 0.5) is 0 Å². The average Bonchev–Trinajstić information content (AvgIpc) is 2.38. The van der Waals surface area contributed by atoms with E-state index in [2.05, 4.69) is 6.58 Å². The molecular formula is C12H23O9P. The Labute approximate surface area is 128 Å². The number of hydrogen-bond donors (Lipinski definition) is 4. The van der Waals surface area contributed by atoms with Crippen molar-refractivity contribution in [1.82, 2.24) is 0 Å². The first-order valence-corrected chi connectivity index (χ1v) is 7.94. The summed E-state index contributed by atoms with van der Waals surface area (Å²) < 4.78 is 18.7. The Morgan fingerprint density at radius 3 is 2.09 bits per heavy atom. The molecule has 9 nitrogen and oxygen atoms in total. The summed E-state index contributed by atoms with van der Waals surface area (Å²) in [6, 6.07) is 0. The summed E-state index contributed by atoms with van der Waals surface area (Å²) in [5.41, 5.74) is 0.312. The number of ketones is 1. The molecule has 0 aromatic rings. The Kier molecular flexibility index (Phi) is 13.1. The molecule has 0 aliphatic carbocycles. The molecule has 0 fully saturated rings. The van der Waals surface area contributed by atoms with Crippen LogP contribution in [0.3, 0.4) is 0 Å². The highest BCUT2D eigenvalue weighted by Crippen LogP contribution is 2.25. The lowest BCUT2D eigenvalue weighted by Gasteiger charge is -2.14. The highest BCUT2D eigenvalue weighted by atomic mass is 31.2. The molecule has 1 atom stereocenters. The zero-order valence-corrected chi connectivity index (χ0v) is 13.5. The van der Waals surface area contributed by atoms with Crippen molar-refractivity contribution in [2.45, 2.75) is 20.3 Å². The van der Waals surface area contributed by atoms with Gasteiger partial charge in [0.15, 0.2) is 5.78 Å². The summed E-state index contributed by atoms with van der Waals surface area (Å²) in [6.45, 7) is 7.38. The lowest BCUT2D eigenvalue weighted by atomic mass is 9.96. The molecule has 0 aliphatic rings. The van der Waals surface area contributed by atoms with Crippen molar-refractivity contribution in [3.8, 4) is 0 Å². The molecule has 130 valence electrons. The second kappa shape index (κ2) is 12.5. The molecule has 0 aromatic carbocycles. The van der Waals surface area contributed by atoms with Crippen molar-refractivity contribution in [3.05, 3.63) is 12.2 Å². The van der Waals surface area contributed by atoms with E-state index in [1.54, 1.807) is 6.92 Å². The van der Waals surface area contributed by atoms with Crippen molar-refractivity contribution in [2.75, 3.05) is 26.4 Å². The smallest absolute Gasteiger partial charge is 0.463 e. The maximum atomic E-state index is 11.7. The predicted molar refractivity (Wildman–Crippen MR) is 76.7 cm³/mol. The van der Waals surface area contributed by atoms with Gasteiger partial charge in [0, 0.05) is 13.2 Å². The number of carbonyl (C=O) groups excluding carboxylic acids is 2. The number of aliphatic hydroxyl groups excluding tert-OH is 1. The normalized spacial score (nSPS) is 11.9. The second-order valence-corrected chi connectivity index (χ2v) is 5.11. The van der Waals surface area contributed by atoms with Crippen LogP contribution in [0.1, 0.15) is 20.3 Å². The molecule has 0 radical (unpaired) electrons. The van der Waals surface area contributed by atoms with Gasteiger partial charge >= 0.3 is 13.8 Å². The Hall–Kier alpha value is -1.09. The molecule has 0 saturated heterocycles. The third-order valence-corrected chi connectivity index (χ3v) is 2.11. The molecule has 0 spiro atoms. The van der Waals surface area contributed by atoms with Gasteiger partial charge in [-0.1, -0.05) is 6.58 Å². The first-order valence-electron chi connectivity index (χ1n) is 6.37. The number of ether oxygens (including phenoxy) is 2. The summed E-state index contributed by atoms with van der Waals surface area (Å²) in [5.74, 6) is -1.86. The minimum absolute atomic E-state index is 0.104. The summed E-state index contributed by atoms with van der Waals surface area (Å²) >= 11 is 0. The van der Waals surface area contributed by atoms with Crippen LogP contribution in [0.2, 0.25) is 0 Å². The minimum Gasteiger partial charge on any atom is -0.463 e. The number of esters is 1. The van der Waals surface area contributed by atoms with E-state index >= 15 is 0 Å².